The molecule has 0 bridgehead atoms. The number of rotatable bonds is 3. The normalized spacial score (nSPS) is 16.0. The van der Waals surface area contributed by atoms with Gasteiger partial charge in [-0.15, -0.1) is 0 Å². The molecule has 0 saturated carbocycles. The Morgan fingerprint density at radius 1 is 0.913 bits per heavy atom. The van der Waals surface area contributed by atoms with E-state index >= 15 is 0 Å². The summed E-state index contributed by atoms with van der Waals surface area (Å²) >= 11 is 6.42. The predicted molar refractivity (Wildman–Crippen MR) is 93.8 cm³/mol. The molecule has 23 heavy (non-hydrogen) atoms. The van der Waals surface area contributed by atoms with E-state index < -0.39 is 6.10 Å². The smallest absolute Gasteiger partial charge is 0.339 e. The molecule has 120 valence electrons. The highest BCUT2D eigenvalue weighted by molar-refractivity contribution is 6.31. The van der Waals surface area contributed by atoms with Crippen LogP contribution in [0.2, 0.25) is 5.02 Å². The number of hydrogen-bond acceptors (Lipinski definition) is 4. The Balaban J connectivity index is 2.03. The van der Waals surface area contributed by atoms with Crippen LogP contribution in [-0.4, -0.2) is 34.2 Å². The van der Waals surface area contributed by atoms with E-state index in [2.05, 4.69) is 0 Å². The van der Waals surface area contributed by atoms with Crippen molar-refractivity contribution in [2.75, 3.05) is 38.0 Å². The third-order valence-corrected chi connectivity index (χ3v) is 4.39. The van der Waals surface area contributed by atoms with Gasteiger partial charge in [0, 0.05) is 55.7 Å². The quantitative estimate of drug-likeness (QED) is 0.803. The monoisotopic (exact) mass is 330 g/mol. The molecule has 0 saturated heterocycles. The summed E-state index contributed by atoms with van der Waals surface area (Å²) in [6.45, 7) is 0. The van der Waals surface area contributed by atoms with Crippen molar-refractivity contribution in [3.05, 3.63) is 58.1 Å². The van der Waals surface area contributed by atoms with Gasteiger partial charge in [-0.1, -0.05) is 23.7 Å². The first-order chi connectivity index (χ1) is 10.9. The van der Waals surface area contributed by atoms with Gasteiger partial charge in [-0.2, -0.15) is 0 Å². The number of cyclic esters (lactones) is 1. The minimum Gasteiger partial charge on any atom is -0.449 e. The lowest BCUT2D eigenvalue weighted by Crippen LogP contribution is -2.09. The first-order valence-electron chi connectivity index (χ1n) is 7.37. The second-order valence-corrected chi connectivity index (χ2v) is 6.46. The van der Waals surface area contributed by atoms with E-state index in [0.29, 0.717) is 10.6 Å². The van der Waals surface area contributed by atoms with Crippen LogP contribution >= 0.6 is 11.6 Å². The summed E-state index contributed by atoms with van der Waals surface area (Å²) in [4.78, 5) is 16.2. The Hall–Kier alpha value is -2.20. The van der Waals surface area contributed by atoms with Gasteiger partial charge in [0.15, 0.2) is 6.10 Å². The van der Waals surface area contributed by atoms with E-state index in [1.54, 1.807) is 0 Å². The first-order valence-corrected chi connectivity index (χ1v) is 7.75. The summed E-state index contributed by atoms with van der Waals surface area (Å²) in [7, 11) is 7.80. The fraction of sp³-hybridized carbons (Fsp3) is 0.278. The number of carbonyl (C=O) groups is 1. The van der Waals surface area contributed by atoms with Crippen molar-refractivity contribution in [2.45, 2.75) is 6.10 Å². The van der Waals surface area contributed by atoms with Crippen molar-refractivity contribution in [3.63, 3.8) is 0 Å². The van der Waals surface area contributed by atoms with Crippen molar-refractivity contribution in [1.82, 2.24) is 0 Å². The second-order valence-electron chi connectivity index (χ2n) is 6.05. The molecule has 0 aliphatic carbocycles. The lowest BCUT2D eigenvalue weighted by molar-refractivity contribution is 0.0456. The van der Waals surface area contributed by atoms with Crippen LogP contribution in [0.1, 0.15) is 27.6 Å². The molecule has 0 fully saturated rings. The number of ether oxygens (including phenoxy) is 1. The van der Waals surface area contributed by atoms with E-state index in [9.17, 15) is 4.79 Å². The average molecular weight is 331 g/mol. The Bertz CT molecular complexity index is 772. The van der Waals surface area contributed by atoms with Gasteiger partial charge in [0.1, 0.15) is 0 Å². The van der Waals surface area contributed by atoms with Gasteiger partial charge in [-0.3, -0.25) is 0 Å². The molecule has 0 radical (unpaired) electrons. The third kappa shape index (κ3) is 2.75. The average Bonchev–Trinajstić information content (AvgIpc) is 2.83. The highest BCUT2D eigenvalue weighted by atomic mass is 35.5. The molecule has 1 unspecified atom stereocenters. The predicted octanol–water partition coefficient (Wildman–Crippen LogP) is 3.73. The fourth-order valence-corrected chi connectivity index (χ4v) is 2.97. The number of hydrogen-bond donors (Lipinski definition) is 0. The number of esters is 1. The Labute approximate surface area is 141 Å². The summed E-state index contributed by atoms with van der Waals surface area (Å²) in [5.41, 5.74) is 4.25. The zero-order chi connectivity index (χ0) is 16.7. The largest absolute Gasteiger partial charge is 0.449 e. The van der Waals surface area contributed by atoms with Crippen molar-refractivity contribution in [1.29, 1.82) is 0 Å². The maximum Gasteiger partial charge on any atom is 0.339 e. The van der Waals surface area contributed by atoms with Gasteiger partial charge in [0.2, 0.25) is 0 Å². The Morgan fingerprint density at radius 3 is 2.04 bits per heavy atom. The molecular formula is C18H19ClN2O2. The fourth-order valence-electron chi connectivity index (χ4n) is 2.70. The number of carbonyl (C=O) groups excluding carboxylic acids is 1. The minimum atomic E-state index is -0.447. The standard InChI is InChI=1S/C18H19ClN2O2/c1-20(2)11-5-7-13-15(9-11)18(22)23-17(13)14-8-6-12(21(3)4)10-16(14)19/h5-10,17H,1-4H3. The number of fused-ring (bicyclic) bond motifs is 1. The number of nitrogens with zero attached hydrogens (tertiary/aromatic N) is 2. The van der Waals surface area contributed by atoms with Crippen LogP contribution in [0.4, 0.5) is 11.4 Å². The molecule has 0 spiro atoms. The van der Waals surface area contributed by atoms with Gasteiger partial charge in [-0.05, 0) is 24.3 Å². The highest BCUT2D eigenvalue weighted by Gasteiger charge is 2.33. The third-order valence-electron chi connectivity index (χ3n) is 4.06. The molecule has 2 aromatic carbocycles. The van der Waals surface area contributed by atoms with E-state index in [-0.39, 0.29) is 5.97 Å². The van der Waals surface area contributed by atoms with Crippen LogP contribution < -0.4 is 9.80 Å². The topological polar surface area (TPSA) is 32.8 Å². The molecule has 0 aromatic heterocycles. The summed E-state index contributed by atoms with van der Waals surface area (Å²) in [5.74, 6) is -0.304. The molecule has 5 heteroatoms. The van der Waals surface area contributed by atoms with Crippen LogP contribution in [-0.2, 0) is 4.74 Å². The SMILES string of the molecule is CN(C)c1ccc(C2OC(=O)c3cc(N(C)C)ccc32)c(Cl)c1. The van der Waals surface area contributed by atoms with E-state index in [1.807, 2.05) is 74.4 Å². The molecular weight excluding hydrogens is 312 g/mol. The van der Waals surface area contributed by atoms with Crippen LogP contribution in [0.3, 0.4) is 0 Å². The highest BCUT2D eigenvalue weighted by Crippen LogP contribution is 2.40. The second kappa shape index (κ2) is 5.78. The van der Waals surface area contributed by atoms with Gasteiger partial charge in [-0.25, -0.2) is 4.79 Å². The Morgan fingerprint density at radius 2 is 1.48 bits per heavy atom. The van der Waals surface area contributed by atoms with E-state index in [4.69, 9.17) is 16.3 Å². The van der Waals surface area contributed by atoms with Crippen molar-refractivity contribution in [3.8, 4) is 0 Å². The van der Waals surface area contributed by atoms with Crippen LogP contribution in [0.15, 0.2) is 36.4 Å². The van der Waals surface area contributed by atoms with E-state index in [1.165, 1.54) is 0 Å². The maximum absolute atomic E-state index is 12.2. The van der Waals surface area contributed by atoms with Crippen LogP contribution in [0.5, 0.6) is 0 Å². The maximum atomic E-state index is 12.2. The van der Waals surface area contributed by atoms with Gasteiger partial charge in [0.05, 0.1) is 5.56 Å². The van der Waals surface area contributed by atoms with Crippen molar-refractivity contribution < 1.29 is 9.53 Å². The lowest BCUT2D eigenvalue weighted by Gasteiger charge is -2.17. The van der Waals surface area contributed by atoms with Crippen LogP contribution in [0.25, 0.3) is 0 Å². The summed E-state index contributed by atoms with van der Waals surface area (Å²) in [6.07, 6.45) is -0.447. The molecule has 2 aromatic rings. The van der Waals surface area contributed by atoms with Gasteiger partial charge < -0.3 is 14.5 Å². The molecule has 0 amide bonds. The molecule has 4 nitrogen and oxygen atoms in total. The minimum absolute atomic E-state index is 0.304. The molecule has 3 rings (SSSR count). The van der Waals surface area contributed by atoms with E-state index in [0.717, 1.165) is 22.5 Å². The molecule has 1 heterocycles. The van der Waals surface area contributed by atoms with Crippen molar-refractivity contribution in [2.24, 2.45) is 0 Å². The van der Waals surface area contributed by atoms with Crippen molar-refractivity contribution >= 4 is 28.9 Å². The molecule has 1 aliphatic heterocycles. The Kier molecular flexibility index (Phi) is 3.94. The van der Waals surface area contributed by atoms with Crippen LogP contribution in [0, 0.1) is 0 Å². The van der Waals surface area contributed by atoms with Gasteiger partial charge in [0.25, 0.3) is 0 Å². The zero-order valence-electron chi connectivity index (χ0n) is 13.6. The summed E-state index contributed by atoms with van der Waals surface area (Å²) < 4.78 is 5.58. The molecule has 1 aliphatic rings. The first kappa shape index (κ1) is 15.7. The number of halogens is 1. The lowest BCUT2D eigenvalue weighted by atomic mass is 9.98. The summed E-state index contributed by atoms with van der Waals surface area (Å²) in [5, 5.41) is 0.596. The number of benzene rings is 2. The van der Waals surface area contributed by atoms with Gasteiger partial charge >= 0.3 is 5.97 Å². The molecule has 0 N–H and O–H groups in total. The zero-order valence-corrected chi connectivity index (χ0v) is 14.4. The molecule has 1 atom stereocenters. The number of anilines is 2. The summed E-state index contributed by atoms with van der Waals surface area (Å²) in [6, 6.07) is 11.6.